The van der Waals surface area contributed by atoms with Gasteiger partial charge in [0.25, 0.3) is 11.1 Å². The molecule has 0 radical (unpaired) electrons. The molecule has 1 unspecified atom stereocenters. The van der Waals surface area contributed by atoms with Crippen molar-refractivity contribution in [1.82, 2.24) is 15.1 Å². The van der Waals surface area contributed by atoms with Crippen LogP contribution in [-0.4, -0.2) is 53.1 Å². The summed E-state index contributed by atoms with van der Waals surface area (Å²) in [5, 5.41) is 8.08. The van der Waals surface area contributed by atoms with E-state index in [0.717, 1.165) is 0 Å². The second-order valence-corrected chi connectivity index (χ2v) is 6.31. The number of carbonyl (C=O) groups is 1. The highest BCUT2D eigenvalue weighted by molar-refractivity contribution is 7.99. The van der Waals surface area contributed by atoms with Gasteiger partial charge in [-0.15, -0.1) is 10.2 Å². The zero-order chi connectivity index (χ0) is 17.6. The van der Waals surface area contributed by atoms with Crippen molar-refractivity contribution >= 4 is 17.7 Å². The Morgan fingerprint density at radius 2 is 2.12 bits per heavy atom. The SMILES string of the molecule is CC(Oc1ccccc1F)c1nnc(SCC(=O)N2CCOCC2)o1. The molecule has 1 aromatic heterocycles. The van der Waals surface area contributed by atoms with Crippen LogP contribution in [0, 0.1) is 5.82 Å². The smallest absolute Gasteiger partial charge is 0.277 e. The monoisotopic (exact) mass is 367 g/mol. The van der Waals surface area contributed by atoms with Gasteiger partial charge in [-0.1, -0.05) is 23.9 Å². The van der Waals surface area contributed by atoms with Crippen molar-refractivity contribution in [2.75, 3.05) is 32.1 Å². The summed E-state index contributed by atoms with van der Waals surface area (Å²) >= 11 is 1.17. The van der Waals surface area contributed by atoms with E-state index in [9.17, 15) is 9.18 Å². The lowest BCUT2D eigenvalue weighted by atomic mass is 10.3. The number of nitrogens with zero attached hydrogens (tertiary/aromatic N) is 3. The first-order valence-electron chi connectivity index (χ1n) is 7.86. The molecule has 1 aliphatic heterocycles. The van der Waals surface area contributed by atoms with Crippen LogP contribution in [-0.2, 0) is 9.53 Å². The molecule has 1 fully saturated rings. The molecular formula is C16H18FN3O4S. The highest BCUT2D eigenvalue weighted by atomic mass is 32.2. The molecule has 7 nitrogen and oxygen atoms in total. The quantitative estimate of drug-likeness (QED) is 0.725. The third-order valence-corrected chi connectivity index (χ3v) is 4.40. The van der Waals surface area contributed by atoms with Crippen LogP contribution in [0.1, 0.15) is 18.9 Å². The van der Waals surface area contributed by atoms with E-state index < -0.39 is 11.9 Å². The standard InChI is InChI=1S/C16H18FN3O4S/c1-11(23-13-5-3-2-4-12(13)17)15-18-19-16(24-15)25-10-14(21)20-6-8-22-9-7-20/h2-5,11H,6-10H2,1H3. The normalized spacial score (nSPS) is 15.8. The Morgan fingerprint density at radius 3 is 2.88 bits per heavy atom. The minimum absolute atomic E-state index is 0.00343. The number of benzene rings is 1. The van der Waals surface area contributed by atoms with Gasteiger partial charge >= 0.3 is 0 Å². The van der Waals surface area contributed by atoms with Gasteiger partial charge in [0.15, 0.2) is 17.7 Å². The predicted molar refractivity (Wildman–Crippen MR) is 87.9 cm³/mol. The van der Waals surface area contributed by atoms with Gasteiger partial charge in [0.05, 0.1) is 19.0 Å². The molecule has 0 bridgehead atoms. The number of amides is 1. The second-order valence-electron chi connectivity index (χ2n) is 5.38. The summed E-state index contributed by atoms with van der Waals surface area (Å²) in [6.45, 7) is 4.01. The molecule has 1 atom stereocenters. The number of rotatable bonds is 6. The van der Waals surface area contributed by atoms with E-state index in [2.05, 4.69) is 10.2 Å². The summed E-state index contributed by atoms with van der Waals surface area (Å²) in [4.78, 5) is 13.8. The fraction of sp³-hybridized carbons (Fsp3) is 0.438. The molecule has 1 aromatic carbocycles. The van der Waals surface area contributed by atoms with E-state index in [-0.39, 0.29) is 28.5 Å². The highest BCUT2D eigenvalue weighted by Gasteiger charge is 2.20. The fourth-order valence-electron chi connectivity index (χ4n) is 2.25. The Balaban J connectivity index is 1.53. The molecular weight excluding hydrogens is 349 g/mol. The van der Waals surface area contributed by atoms with Crippen LogP contribution in [0.4, 0.5) is 4.39 Å². The molecule has 2 aromatic rings. The lowest BCUT2D eigenvalue weighted by Crippen LogP contribution is -2.41. The summed E-state index contributed by atoms with van der Waals surface area (Å²) in [6, 6.07) is 6.10. The molecule has 9 heteroatoms. The molecule has 0 aliphatic carbocycles. The van der Waals surface area contributed by atoms with Crippen molar-refractivity contribution < 1.29 is 23.1 Å². The van der Waals surface area contributed by atoms with Crippen LogP contribution in [0.25, 0.3) is 0 Å². The second kappa shape index (κ2) is 8.30. The van der Waals surface area contributed by atoms with Crippen molar-refractivity contribution in [1.29, 1.82) is 0 Å². The van der Waals surface area contributed by atoms with Crippen LogP contribution < -0.4 is 4.74 Å². The number of aromatic nitrogens is 2. The van der Waals surface area contributed by atoms with Crippen LogP contribution in [0.2, 0.25) is 0 Å². The molecule has 2 heterocycles. The lowest BCUT2D eigenvalue weighted by molar-refractivity contribution is -0.132. The molecule has 1 amide bonds. The summed E-state index contributed by atoms with van der Waals surface area (Å²) in [6.07, 6.45) is -0.603. The van der Waals surface area contributed by atoms with E-state index in [4.69, 9.17) is 13.9 Å². The largest absolute Gasteiger partial charge is 0.478 e. The van der Waals surface area contributed by atoms with Crippen molar-refractivity contribution in [2.45, 2.75) is 18.3 Å². The minimum atomic E-state index is -0.603. The molecule has 25 heavy (non-hydrogen) atoms. The van der Waals surface area contributed by atoms with Crippen molar-refractivity contribution in [3.05, 3.63) is 36.0 Å². The number of carbonyl (C=O) groups excluding carboxylic acids is 1. The number of halogens is 1. The first-order chi connectivity index (χ1) is 12.1. The summed E-state index contributed by atoms with van der Waals surface area (Å²) in [5.74, 6) is 0.0993. The number of morpholine rings is 1. The molecule has 0 N–H and O–H groups in total. The fourth-order valence-corrected chi connectivity index (χ4v) is 2.92. The first-order valence-corrected chi connectivity index (χ1v) is 8.85. The number of hydrogen-bond acceptors (Lipinski definition) is 7. The van der Waals surface area contributed by atoms with Gasteiger partial charge in [0, 0.05) is 13.1 Å². The van der Waals surface area contributed by atoms with Crippen LogP contribution >= 0.6 is 11.8 Å². The maximum atomic E-state index is 13.6. The Morgan fingerprint density at radius 1 is 1.36 bits per heavy atom. The number of para-hydroxylation sites is 1. The van der Waals surface area contributed by atoms with E-state index >= 15 is 0 Å². The molecule has 3 rings (SSSR count). The maximum Gasteiger partial charge on any atom is 0.277 e. The van der Waals surface area contributed by atoms with E-state index in [1.807, 2.05) is 0 Å². The predicted octanol–water partition coefficient (Wildman–Crippen LogP) is 2.30. The maximum absolute atomic E-state index is 13.6. The molecule has 1 saturated heterocycles. The van der Waals surface area contributed by atoms with Gasteiger partial charge in [-0.25, -0.2) is 4.39 Å². The lowest BCUT2D eigenvalue weighted by Gasteiger charge is -2.26. The van der Waals surface area contributed by atoms with Crippen molar-refractivity contribution in [2.24, 2.45) is 0 Å². The number of ether oxygens (including phenoxy) is 2. The summed E-state index contributed by atoms with van der Waals surface area (Å²) in [7, 11) is 0. The Bertz CT molecular complexity index is 721. The van der Waals surface area contributed by atoms with Gasteiger partial charge < -0.3 is 18.8 Å². The van der Waals surface area contributed by atoms with Crippen LogP contribution in [0.5, 0.6) is 5.75 Å². The van der Waals surface area contributed by atoms with Crippen molar-refractivity contribution in [3.8, 4) is 5.75 Å². The third kappa shape index (κ3) is 4.70. The minimum Gasteiger partial charge on any atom is -0.478 e. The number of thioether (sulfide) groups is 1. The topological polar surface area (TPSA) is 77.7 Å². The van der Waals surface area contributed by atoms with Gasteiger partial charge in [-0.3, -0.25) is 4.79 Å². The van der Waals surface area contributed by atoms with E-state index in [0.29, 0.717) is 26.3 Å². The Labute approximate surface area is 148 Å². The highest BCUT2D eigenvalue weighted by Crippen LogP contribution is 2.25. The molecule has 0 saturated carbocycles. The zero-order valence-corrected chi connectivity index (χ0v) is 14.5. The van der Waals surface area contributed by atoms with Gasteiger partial charge in [-0.2, -0.15) is 0 Å². The van der Waals surface area contributed by atoms with Crippen molar-refractivity contribution in [3.63, 3.8) is 0 Å². The summed E-state index contributed by atoms with van der Waals surface area (Å²) < 4.78 is 29.8. The van der Waals surface area contributed by atoms with E-state index in [1.54, 1.807) is 24.0 Å². The number of hydrogen-bond donors (Lipinski definition) is 0. The van der Waals surface area contributed by atoms with Gasteiger partial charge in [0.1, 0.15) is 0 Å². The van der Waals surface area contributed by atoms with Crippen LogP contribution in [0.3, 0.4) is 0 Å². The molecule has 1 aliphatic rings. The Hall–Kier alpha value is -2.13. The van der Waals surface area contributed by atoms with E-state index in [1.165, 1.54) is 23.9 Å². The summed E-state index contributed by atoms with van der Waals surface area (Å²) in [5.41, 5.74) is 0. The average molecular weight is 367 g/mol. The van der Waals surface area contributed by atoms with Gasteiger partial charge in [0.2, 0.25) is 5.91 Å². The zero-order valence-electron chi connectivity index (χ0n) is 13.7. The van der Waals surface area contributed by atoms with Crippen LogP contribution in [0.15, 0.2) is 33.9 Å². The Kier molecular flexibility index (Phi) is 5.87. The average Bonchev–Trinajstić information content (AvgIpc) is 3.11. The molecule has 0 spiro atoms. The van der Waals surface area contributed by atoms with Gasteiger partial charge in [-0.05, 0) is 19.1 Å². The first kappa shape index (κ1) is 17.7. The molecule has 134 valence electrons. The third-order valence-electron chi connectivity index (χ3n) is 3.59.